The van der Waals surface area contributed by atoms with Crippen LogP contribution in [0.3, 0.4) is 0 Å². The van der Waals surface area contributed by atoms with Crippen molar-refractivity contribution in [1.82, 2.24) is 9.88 Å². The number of carbonyl (C=O) groups is 1. The van der Waals surface area contributed by atoms with Crippen molar-refractivity contribution >= 4 is 23.3 Å². The first-order valence-corrected chi connectivity index (χ1v) is 16.3. The topological polar surface area (TPSA) is 65.9 Å². The van der Waals surface area contributed by atoms with E-state index >= 15 is 0 Å². The predicted octanol–water partition coefficient (Wildman–Crippen LogP) is 8.45. The van der Waals surface area contributed by atoms with Crippen LogP contribution in [0.2, 0.25) is 5.02 Å². The van der Waals surface area contributed by atoms with Crippen molar-refractivity contribution in [3.8, 4) is 11.1 Å². The average Bonchev–Trinajstić information content (AvgIpc) is 2.92. The fraction of sp³-hybridized carbons (Fsp3) is 0.514. The molecular weight excluding hydrogens is 570 g/mol. The van der Waals surface area contributed by atoms with Gasteiger partial charge in [-0.05, 0) is 106 Å². The van der Waals surface area contributed by atoms with E-state index in [4.69, 9.17) is 21.3 Å². The fourth-order valence-corrected chi connectivity index (χ4v) is 6.96. The van der Waals surface area contributed by atoms with E-state index in [0.29, 0.717) is 11.3 Å². The number of ether oxygens (including phenoxy) is 1. The number of aromatic nitrogens is 1. The van der Waals surface area contributed by atoms with E-state index < -0.39 is 17.7 Å². The first kappa shape index (κ1) is 32.5. The summed E-state index contributed by atoms with van der Waals surface area (Å²) in [7, 11) is 0. The Morgan fingerprint density at radius 1 is 1.02 bits per heavy atom. The summed E-state index contributed by atoms with van der Waals surface area (Å²) in [5.41, 5.74) is 10.2. The van der Waals surface area contributed by atoms with Crippen LogP contribution in [0.4, 0.5) is 5.69 Å². The zero-order chi connectivity index (χ0) is 32.0. The van der Waals surface area contributed by atoms with Gasteiger partial charge in [-0.1, -0.05) is 49.7 Å². The number of carboxylic acids is 1. The van der Waals surface area contributed by atoms with Crippen LogP contribution in [0, 0.1) is 26.2 Å². The lowest BCUT2D eigenvalue weighted by Gasteiger charge is -2.41. The van der Waals surface area contributed by atoms with Gasteiger partial charge >= 0.3 is 5.97 Å². The molecule has 5 rings (SSSR count). The van der Waals surface area contributed by atoms with Gasteiger partial charge in [0, 0.05) is 60.3 Å². The predicted molar refractivity (Wildman–Crippen MR) is 180 cm³/mol. The number of carboxylic acid groups (broad SMARTS) is 1. The monoisotopic (exact) mass is 617 g/mol. The highest BCUT2D eigenvalue weighted by Crippen LogP contribution is 2.45. The number of benzene rings is 2. The van der Waals surface area contributed by atoms with Gasteiger partial charge in [-0.15, -0.1) is 0 Å². The molecule has 2 aromatic carbocycles. The number of nitrogens with zero attached hydrogens (tertiary/aromatic N) is 3. The minimum Gasteiger partial charge on any atom is -0.479 e. The zero-order valence-corrected chi connectivity index (χ0v) is 28.4. The van der Waals surface area contributed by atoms with Crippen LogP contribution in [-0.4, -0.2) is 46.2 Å². The number of pyridine rings is 1. The largest absolute Gasteiger partial charge is 0.479 e. The Kier molecular flexibility index (Phi) is 9.19. The number of hydrogen-bond acceptors (Lipinski definition) is 5. The van der Waals surface area contributed by atoms with Gasteiger partial charge in [0.25, 0.3) is 0 Å². The Bertz CT molecular complexity index is 1550. The second kappa shape index (κ2) is 12.5. The molecule has 2 aliphatic rings. The number of aryl methyl sites for hydroxylation is 3. The number of piperidine rings is 1. The van der Waals surface area contributed by atoms with E-state index in [2.05, 4.69) is 61.8 Å². The van der Waals surface area contributed by atoms with Crippen LogP contribution in [-0.2, 0) is 29.0 Å². The van der Waals surface area contributed by atoms with E-state index in [1.807, 2.05) is 39.8 Å². The quantitative estimate of drug-likeness (QED) is 0.287. The molecule has 0 amide bonds. The van der Waals surface area contributed by atoms with E-state index in [1.165, 1.54) is 22.3 Å². The highest BCUT2D eigenvalue weighted by molar-refractivity contribution is 6.30. The van der Waals surface area contributed by atoms with Gasteiger partial charge in [0.2, 0.25) is 0 Å². The Labute approximate surface area is 268 Å². The molecule has 1 saturated heterocycles. The second-order valence-corrected chi connectivity index (χ2v) is 15.0. The SMILES string of the molecule is Cc1cc(Cl)ccc1CN1CCc2cc(-c3c(C)nc(C)c([C@H](OC(C)(C)C)C(=O)O)c3N3CCC(C)(C)CC3)ccc2C1. The van der Waals surface area contributed by atoms with Gasteiger partial charge in [0.05, 0.1) is 11.3 Å². The molecule has 1 N–H and O–H groups in total. The van der Waals surface area contributed by atoms with E-state index in [-0.39, 0.29) is 5.41 Å². The summed E-state index contributed by atoms with van der Waals surface area (Å²) in [6, 6.07) is 12.9. The molecule has 236 valence electrons. The third-order valence-corrected chi connectivity index (χ3v) is 9.49. The second-order valence-electron chi connectivity index (χ2n) is 14.5. The molecule has 44 heavy (non-hydrogen) atoms. The summed E-state index contributed by atoms with van der Waals surface area (Å²) >= 11 is 6.20. The zero-order valence-electron chi connectivity index (χ0n) is 27.7. The van der Waals surface area contributed by atoms with Gasteiger partial charge in [-0.3, -0.25) is 9.88 Å². The summed E-state index contributed by atoms with van der Waals surface area (Å²) in [4.78, 5) is 22.7. The standard InChI is InChI=1S/C37H48ClN3O3/c1-23-19-30(38)12-11-28(23)21-40-16-13-26-20-27(9-10-29(26)22-40)31-24(2)39-25(3)32(34(35(42)43)44-36(4,5)6)33(31)41-17-14-37(7,8)15-18-41/h9-12,19-20,34H,13-18,21-22H2,1-8H3,(H,42,43)/t34-/m0/s1. The lowest BCUT2D eigenvalue weighted by atomic mass is 9.81. The maximum absolute atomic E-state index is 12.8. The van der Waals surface area contributed by atoms with Crippen molar-refractivity contribution in [3.63, 3.8) is 0 Å². The maximum Gasteiger partial charge on any atom is 0.337 e. The van der Waals surface area contributed by atoms with Crippen LogP contribution >= 0.6 is 11.6 Å². The third-order valence-electron chi connectivity index (χ3n) is 9.25. The number of hydrogen-bond donors (Lipinski definition) is 1. The summed E-state index contributed by atoms with van der Waals surface area (Å²) in [6.45, 7) is 21.0. The summed E-state index contributed by atoms with van der Waals surface area (Å²) in [5, 5.41) is 11.3. The molecule has 0 spiro atoms. The molecule has 2 aliphatic heterocycles. The van der Waals surface area contributed by atoms with Crippen molar-refractivity contribution in [1.29, 1.82) is 0 Å². The van der Waals surface area contributed by atoms with Gasteiger partial charge in [0.1, 0.15) is 0 Å². The first-order chi connectivity index (χ1) is 20.6. The smallest absolute Gasteiger partial charge is 0.337 e. The molecule has 0 aliphatic carbocycles. The minimum atomic E-state index is -1.12. The molecule has 0 radical (unpaired) electrons. The Balaban J connectivity index is 1.56. The lowest BCUT2D eigenvalue weighted by Crippen LogP contribution is -2.39. The maximum atomic E-state index is 12.8. The van der Waals surface area contributed by atoms with Crippen molar-refractivity contribution in [2.24, 2.45) is 5.41 Å². The van der Waals surface area contributed by atoms with E-state index in [0.717, 1.165) is 79.5 Å². The molecule has 0 bridgehead atoms. The van der Waals surface area contributed by atoms with Crippen molar-refractivity contribution < 1.29 is 14.6 Å². The van der Waals surface area contributed by atoms with Crippen molar-refractivity contribution in [2.75, 3.05) is 24.5 Å². The van der Waals surface area contributed by atoms with Crippen molar-refractivity contribution in [3.05, 3.63) is 80.6 Å². The molecule has 0 saturated carbocycles. The molecular formula is C37H48ClN3O3. The molecule has 1 aromatic heterocycles. The third kappa shape index (κ3) is 7.14. The highest BCUT2D eigenvalue weighted by atomic mass is 35.5. The Morgan fingerprint density at radius 3 is 2.36 bits per heavy atom. The number of fused-ring (bicyclic) bond motifs is 1. The highest BCUT2D eigenvalue weighted by Gasteiger charge is 2.36. The van der Waals surface area contributed by atoms with Crippen LogP contribution < -0.4 is 4.90 Å². The fourth-order valence-electron chi connectivity index (χ4n) is 6.73. The molecule has 0 unspecified atom stereocenters. The van der Waals surface area contributed by atoms with E-state index in [1.54, 1.807) is 0 Å². The van der Waals surface area contributed by atoms with E-state index in [9.17, 15) is 9.90 Å². The van der Waals surface area contributed by atoms with Gasteiger partial charge in [-0.25, -0.2) is 4.79 Å². The summed E-state index contributed by atoms with van der Waals surface area (Å²) in [5.74, 6) is -0.986. The molecule has 1 fully saturated rings. The Morgan fingerprint density at radius 2 is 1.73 bits per heavy atom. The van der Waals surface area contributed by atoms with Crippen LogP contribution in [0.25, 0.3) is 11.1 Å². The molecule has 3 heterocycles. The lowest BCUT2D eigenvalue weighted by molar-refractivity contribution is -0.160. The van der Waals surface area contributed by atoms with Gasteiger partial charge in [0.15, 0.2) is 6.10 Å². The van der Waals surface area contributed by atoms with Crippen LogP contribution in [0.5, 0.6) is 0 Å². The molecule has 1 atom stereocenters. The Hall–Kier alpha value is -2.93. The first-order valence-electron chi connectivity index (χ1n) is 15.9. The minimum absolute atomic E-state index is 0.254. The molecule has 7 heteroatoms. The summed E-state index contributed by atoms with van der Waals surface area (Å²) < 4.78 is 6.26. The van der Waals surface area contributed by atoms with Gasteiger partial charge < -0.3 is 14.7 Å². The number of rotatable bonds is 7. The van der Waals surface area contributed by atoms with Crippen LogP contribution in [0.15, 0.2) is 36.4 Å². The van der Waals surface area contributed by atoms with Crippen molar-refractivity contribution in [2.45, 2.75) is 99.4 Å². The number of anilines is 1. The number of aliphatic carboxylic acids is 1. The summed E-state index contributed by atoms with van der Waals surface area (Å²) in [6.07, 6.45) is 1.92. The average molecular weight is 618 g/mol. The molecule has 3 aromatic rings. The van der Waals surface area contributed by atoms with Gasteiger partial charge in [-0.2, -0.15) is 0 Å². The molecule has 6 nitrogen and oxygen atoms in total. The van der Waals surface area contributed by atoms with Crippen LogP contribution in [0.1, 0.15) is 92.8 Å². The number of halogens is 1. The normalized spacial score (nSPS) is 17.8.